The highest BCUT2D eigenvalue weighted by molar-refractivity contribution is 5.76. The Kier molecular flexibility index (Phi) is 6.19. The molecule has 1 aromatic heterocycles. The van der Waals surface area contributed by atoms with E-state index in [1.807, 2.05) is 13.0 Å². The zero-order valence-corrected chi connectivity index (χ0v) is 13.3. The molecule has 2 N–H and O–H groups in total. The topological polar surface area (TPSA) is 91.8 Å². The van der Waals surface area contributed by atoms with Crippen LogP contribution in [0.4, 0.5) is 4.79 Å². The number of pyridine rings is 1. The van der Waals surface area contributed by atoms with E-state index in [1.165, 1.54) is 0 Å². The monoisotopic (exact) mass is 321 g/mol. The number of amides is 2. The Hall–Kier alpha value is -2.31. The van der Waals surface area contributed by atoms with Gasteiger partial charge in [0.2, 0.25) is 5.88 Å². The van der Waals surface area contributed by atoms with Gasteiger partial charge >= 0.3 is 12.0 Å². The number of carbonyl (C=O) groups is 2. The molecule has 0 saturated carbocycles. The lowest BCUT2D eigenvalue weighted by molar-refractivity contribution is -0.143. The molecule has 2 heterocycles. The van der Waals surface area contributed by atoms with Crippen molar-refractivity contribution >= 4 is 12.0 Å². The van der Waals surface area contributed by atoms with Crippen molar-refractivity contribution in [1.29, 1.82) is 0 Å². The summed E-state index contributed by atoms with van der Waals surface area (Å²) in [6.45, 7) is 3.87. The maximum absolute atomic E-state index is 12.1. The first-order chi connectivity index (χ1) is 11.1. The number of carboxylic acid groups (broad SMARTS) is 1. The normalized spacial score (nSPS) is 17.6. The SMILES string of the molecule is CCCOc1ccc(CNC(=O)N2CCCC(C(=O)O)C2)cn1. The Balaban J connectivity index is 1.80. The van der Waals surface area contributed by atoms with Crippen LogP contribution in [-0.2, 0) is 11.3 Å². The fraction of sp³-hybridized carbons (Fsp3) is 0.562. The maximum Gasteiger partial charge on any atom is 0.317 e. The van der Waals surface area contributed by atoms with Crippen molar-refractivity contribution in [2.24, 2.45) is 5.92 Å². The minimum atomic E-state index is -0.839. The standard InChI is InChI=1S/C16H23N3O4/c1-2-8-23-14-6-5-12(9-17-14)10-18-16(22)19-7-3-4-13(11-19)15(20)21/h5-6,9,13H,2-4,7-8,10-11H2,1H3,(H,18,22)(H,20,21). The largest absolute Gasteiger partial charge is 0.481 e. The van der Waals surface area contributed by atoms with Gasteiger partial charge in [0, 0.05) is 31.9 Å². The second-order valence-electron chi connectivity index (χ2n) is 5.64. The molecule has 0 aliphatic carbocycles. The second kappa shape index (κ2) is 8.36. The number of carboxylic acids is 1. The van der Waals surface area contributed by atoms with E-state index in [9.17, 15) is 9.59 Å². The molecule has 1 aromatic rings. The van der Waals surface area contributed by atoms with E-state index < -0.39 is 11.9 Å². The van der Waals surface area contributed by atoms with Gasteiger partial charge in [-0.05, 0) is 24.8 Å². The molecule has 0 bridgehead atoms. The van der Waals surface area contributed by atoms with E-state index in [1.54, 1.807) is 17.2 Å². The van der Waals surface area contributed by atoms with Crippen LogP contribution in [0.3, 0.4) is 0 Å². The van der Waals surface area contributed by atoms with E-state index in [4.69, 9.17) is 9.84 Å². The van der Waals surface area contributed by atoms with E-state index in [-0.39, 0.29) is 12.6 Å². The van der Waals surface area contributed by atoms with Crippen LogP contribution in [0.1, 0.15) is 31.7 Å². The Labute approximate surface area is 135 Å². The zero-order chi connectivity index (χ0) is 16.7. The highest BCUT2D eigenvalue weighted by Crippen LogP contribution is 2.16. The Morgan fingerprint density at radius 1 is 1.48 bits per heavy atom. The molecule has 7 nitrogen and oxygen atoms in total. The summed E-state index contributed by atoms with van der Waals surface area (Å²) in [5.74, 6) is -0.734. The number of rotatable bonds is 6. The molecule has 2 rings (SSSR count). The van der Waals surface area contributed by atoms with Gasteiger partial charge in [-0.3, -0.25) is 4.79 Å². The van der Waals surface area contributed by atoms with Crippen LogP contribution in [0.25, 0.3) is 0 Å². The molecule has 0 spiro atoms. The summed E-state index contributed by atoms with van der Waals surface area (Å²) in [6.07, 6.45) is 3.94. The molecule has 1 unspecified atom stereocenters. The minimum absolute atomic E-state index is 0.234. The van der Waals surface area contributed by atoms with Crippen LogP contribution in [0.15, 0.2) is 18.3 Å². The third kappa shape index (κ3) is 5.12. The van der Waals surface area contributed by atoms with Crippen LogP contribution in [-0.4, -0.2) is 46.7 Å². The van der Waals surface area contributed by atoms with Gasteiger partial charge in [0.05, 0.1) is 12.5 Å². The molecule has 7 heteroatoms. The number of urea groups is 1. The van der Waals surface area contributed by atoms with Gasteiger partial charge in [0.15, 0.2) is 0 Å². The number of likely N-dealkylation sites (tertiary alicyclic amines) is 1. The third-order valence-electron chi connectivity index (χ3n) is 3.75. The Morgan fingerprint density at radius 3 is 2.96 bits per heavy atom. The number of carbonyl (C=O) groups excluding carboxylic acids is 1. The van der Waals surface area contributed by atoms with Gasteiger partial charge < -0.3 is 20.1 Å². The average molecular weight is 321 g/mol. The first-order valence-corrected chi connectivity index (χ1v) is 7.93. The lowest BCUT2D eigenvalue weighted by Crippen LogP contribution is -2.46. The van der Waals surface area contributed by atoms with Crippen molar-refractivity contribution < 1.29 is 19.4 Å². The summed E-state index contributed by atoms with van der Waals surface area (Å²) in [7, 11) is 0. The highest BCUT2D eigenvalue weighted by atomic mass is 16.5. The van der Waals surface area contributed by atoms with Crippen LogP contribution >= 0.6 is 0 Å². The van der Waals surface area contributed by atoms with Crippen LogP contribution in [0.5, 0.6) is 5.88 Å². The predicted molar refractivity (Wildman–Crippen MR) is 84.2 cm³/mol. The van der Waals surface area contributed by atoms with E-state index in [0.29, 0.717) is 32.0 Å². The smallest absolute Gasteiger partial charge is 0.317 e. The van der Waals surface area contributed by atoms with Crippen LogP contribution < -0.4 is 10.1 Å². The van der Waals surface area contributed by atoms with Gasteiger partial charge in [0.1, 0.15) is 0 Å². The van der Waals surface area contributed by atoms with Crippen LogP contribution in [0, 0.1) is 5.92 Å². The second-order valence-corrected chi connectivity index (χ2v) is 5.64. The molecule has 1 aliphatic heterocycles. The summed E-state index contributed by atoms with van der Waals surface area (Å²) in [4.78, 5) is 28.9. The molecule has 1 saturated heterocycles. The molecule has 126 valence electrons. The van der Waals surface area contributed by atoms with Crippen molar-refractivity contribution in [2.75, 3.05) is 19.7 Å². The maximum atomic E-state index is 12.1. The molecule has 0 radical (unpaired) electrons. The molecule has 0 aromatic carbocycles. The summed E-state index contributed by atoms with van der Waals surface area (Å²) in [5, 5.41) is 11.9. The van der Waals surface area contributed by atoms with Crippen molar-refractivity contribution in [3.63, 3.8) is 0 Å². The molecule has 23 heavy (non-hydrogen) atoms. The highest BCUT2D eigenvalue weighted by Gasteiger charge is 2.27. The molecular formula is C16H23N3O4. The predicted octanol–water partition coefficient (Wildman–Crippen LogP) is 1.88. The average Bonchev–Trinajstić information content (AvgIpc) is 2.58. The van der Waals surface area contributed by atoms with Crippen LogP contribution in [0.2, 0.25) is 0 Å². The van der Waals surface area contributed by atoms with Crippen molar-refractivity contribution in [3.05, 3.63) is 23.9 Å². The number of nitrogens with zero attached hydrogens (tertiary/aromatic N) is 2. The Bertz CT molecular complexity index is 533. The quantitative estimate of drug-likeness (QED) is 0.834. The first-order valence-electron chi connectivity index (χ1n) is 7.93. The fourth-order valence-electron chi connectivity index (χ4n) is 2.46. The minimum Gasteiger partial charge on any atom is -0.481 e. The summed E-state index contributed by atoms with van der Waals surface area (Å²) < 4.78 is 5.40. The van der Waals surface area contributed by atoms with Gasteiger partial charge in [-0.2, -0.15) is 0 Å². The van der Waals surface area contributed by atoms with E-state index >= 15 is 0 Å². The first kappa shape index (κ1) is 17.1. The van der Waals surface area contributed by atoms with Gasteiger partial charge in [-0.15, -0.1) is 0 Å². The number of hydrogen-bond acceptors (Lipinski definition) is 4. The molecule has 1 atom stereocenters. The Morgan fingerprint density at radius 2 is 2.30 bits per heavy atom. The van der Waals surface area contributed by atoms with E-state index in [2.05, 4.69) is 10.3 Å². The molecule has 2 amide bonds. The fourth-order valence-corrected chi connectivity index (χ4v) is 2.46. The molecule has 1 fully saturated rings. The van der Waals surface area contributed by atoms with Crippen molar-refractivity contribution in [1.82, 2.24) is 15.2 Å². The van der Waals surface area contributed by atoms with Gasteiger partial charge in [-0.25, -0.2) is 9.78 Å². The number of ether oxygens (including phenoxy) is 1. The van der Waals surface area contributed by atoms with Gasteiger partial charge in [0.25, 0.3) is 0 Å². The van der Waals surface area contributed by atoms with Crippen molar-refractivity contribution in [2.45, 2.75) is 32.7 Å². The van der Waals surface area contributed by atoms with Gasteiger partial charge in [-0.1, -0.05) is 13.0 Å². The summed E-state index contributed by atoms with van der Waals surface area (Å²) in [5.41, 5.74) is 0.869. The van der Waals surface area contributed by atoms with Crippen molar-refractivity contribution in [3.8, 4) is 5.88 Å². The molecule has 1 aliphatic rings. The zero-order valence-electron chi connectivity index (χ0n) is 13.3. The number of hydrogen-bond donors (Lipinski definition) is 2. The third-order valence-corrected chi connectivity index (χ3v) is 3.75. The number of piperidine rings is 1. The molecular weight excluding hydrogens is 298 g/mol. The number of aliphatic carboxylic acids is 1. The lowest BCUT2D eigenvalue weighted by atomic mass is 9.99. The van der Waals surface area contributed by atoms with E-state index in [0.717, 1.165) is 18.4 Å². The number of nitrogens with one attached hydrogen (secondary N) is 1. The number of aromatic nitrogens is 1. The lowest BCUT2D eigenvalue weighted by Gasteiger charge is -2.30. The summed E-state index contributed by atoms with van der Waals surface area (Å²) >= 11 is 0. The summed E-state index contributed by atoms with van der Waals surface area (Å²) in [6, 6.07) is 3.40.